The summed E-state index contributed by atoms with van der Waals surface area (Å²) in [5, 5.41) is 16.1. The Morgan fingerprint density at radius 2 is 1.68 bits per heavy atom. The molecule has 1 amide bonds. The largest absolute Gasteiger partial charge is 0.494 e. The summed E-state index contributed by atoms with van der Waals surface area (Å²) >= 11 is 6.37. The van der Waals surface area contributed by atoms with Crippen molar-refractivity contribution in [1.29, 1.82) is 0 Å². The van der Waals surface area contributed by atoms with Gasteiger partial charge >= 0.3 is 11.7 Å². The van der Waals surface area contributed by atoms with Crippen LogP contribution in [0.1, 0.15) is 10.4 Å². The highest BCUT2D eigenvalue weighted by atomic mass is 79.9. The molecule has 0 saturated carbocycles. The molecule has 17 heteroatoms. The Bertz CT molecular complexity index is 2820. The lowest BCUT2D eigenvalue weighted by atomic mass is 10.0. The molecule has 7 aromatic rings. The number of nitrogens with one attached hydrogen (secondary N) is 4. The first-order chi connectivity index (χ1) is 28.9. The van der Waals surface area contributed by atoms with Gasteiger partial charge in [-0.15, -0.1) is 0 Å². The summed E-state index contributed by atoms with van der Waals surface area (Å²) in [5.74, 6) is -0.0959. The van der Waals surface area contributed by atoms with Crippen molar-refractivity contribution in [2.75, 3.05) is 54.7 Å². The third kappa shape index (κ3) is 10.4. The molecule has 5 aromatic carbocycles. The molecule has 1 aliphatic rings. The van der Waals surface area contributed by atoms with Crippen LogP contribution in [0.2, 0.25) is 0 Å². The van der Waals surface area contributed by atoms with Crippen LogP contribution in [0, 0.1) is 0 Å². The van der Waals surface area contributed by atoms with E-state index >= 15 is 0 Å². The minimum Gasteiger partial charge on any atom is -0.494 e. The van der Waals surface area contributed by atoms with Crippen molar-refractivity contribution in [3.8, 4) is 16.9 Å². The van der Waals surface area contributed by atoms with Gasteiger partial charge in [0.1, 0.15) is 5.75 Å². The van der Waals surface area contributed by atoms with Crippen LogP contribution < -0.4 is 37.3 Å². The number of para-hydroxylation sites is 3. The predicted octanol–water partition coefficient (Wildman–Crippen LogP) is 7.72. The molecule has 0 bridgehead atoms. The van der Waals surface area contributed by atoms with E-state index in [4.69, 9.17) is 25.3 Å². The van der Waals surface area contributed by atoms with E-state index in [0.29, 0.717) is 37.2 Å². The Morgan fingerprint density at radius 1 is 0.950 bits per heavy atom. The molecule has 1 aliphatic heterocycles. The van der Waals surface area contributed by atoms with Crippen molar-refractivity contribution < 1.29 is 24.2 Å². The van der Waals surface area contributed by atoms with Gasteiger partial charge < -0.3 is 40.8 Å². The molecular weight excluding hydrogens is 900 g/mol. The van der Waals surface area contributed by atoms with Crippen molar-refractivity contribution in [2.45, 2.75) is 0 Å². The normalized spacial score (nSPS) is 12.0. The molecule has 1 fully saturated rings. The minimum atomic E-state index is -1.01. The number of H-pyrrole nitrogens is 2. The number of nitrogens with two attached hydrogens (primary N) is 1. The number of ether oxygens (including phenoxy) is 2. The second kappa shape index (κ2) is 19.8. The molecule has 0 radical (unpaired) electrons. The number of aromatic carboxylic acids is 1. The lowest BCUT2D eigenvalue weighted by molar-refractivity contribution is -0.111. The number of nitrogen functional groups attached to an aromatic ring is 1. The van der Waals surface area contributed by atoms with Gasteiger partial charge in [0.15, 0.2) is 0 Å². The molecule has 0 aliphatic carbocycles. The fourth-order valence-corrected chi connectivity index (χ4v) is 6.94. The van der Waals surface area contributed by atoms with Crippen LogP contribution in [-0.2, 0) is 9.53 Å². The highest BCUT2D eigenvalue weighted by molar-refractivity contribution is 9.11. The molecule has 3 heterocycles. The maximum Gasteiger partial charge on any atom is 0.337 e. The number of fused-ring (bicyclic) bond motifs is 2. The predicted molar refractivity (Wildman–Crippen MR) is 242 cm³/mol. The van der Waals surface area contributed by atoms with E-state index in [0.717, 1.165) is 59.7 Å². The van der Waals surface area contributed by atoms with Crippen LogP contribution in [-0.4, -0.2) is 70.3 Å². The van der Waals surface area contributed by atoms with E-state index in [1.807, 2.05) is 54.6 Å². The lowest BCUT2D eigenvalue weighted by Crippen LogP contribution is -2.36. The molecule has 306 valence electrons. The molecule has 1 saturated heterocycles. The Hall–Kier alpha value is -6.82. The Kier molecular flexibility index (Phi) is 14.1. The van der Waals surface area contributed by atoms with Crippen LogP contribution in [0.25, 0.3) is 32.9 Å². The number of aromatic amines is 2. The van der Waals surface area contributed by atoms with Crippen LogP contribution in [0.5, 0.6) is 5.75 Å². The number of carbonyl (C=O) groups is 2. The van der Waals surface area contributed by atoms with E-state index in [1.165, 1.54) is 12.1 Å². The molecule has 60 heavy (non-hydrogen) atoms. The van der Waals surface area contributed by atoms with Gasteiger partial charge in [-0.1, -0.05) is 49.0 Å². The average Bonchev–Trinajstić information content (AvgIpc) is 3.25. The molecule has 0 spiro atoms. The van der Waals surface area contributed by atoms with E-state index in [2.05, 4.69) is 75.0 Å². The number of nitrogens with zero attached hydrogens (tertiary/aromatic N) is 3. The highest BCUT2D eigenvalue weighted by Gasteiger charge is 2.15. The van der Waals surface area contributed by atoms with E-state index in [1.54, 1.807) is 43.6 Å². The zero-order chi connectivity index (χ0) is 42.8. The Labute approximate surface area is 359 Å². The minimum absolute atomic E-state index is 0.124. The van der Waals surface area contributed by atoms with Crippen molar-refractivity contribution in [3.63, 3.8) is 0 Å². The van der Waals surface area contributed by atoms with Crippen molar-refractivity contribution in [3.05, 3.63) is 151 Å². The summed E-state index contributed by atoms with van der Waals surface area (Å²) in [6.45, 7) is 6.66. The second-order valence-electron chi connectivity index (χ2n) is 12.9. The number of rotatable bonds is 8. The third-order valence-corrected chi connectivity index (χ3v) is 10.4. The first-order valence-electron chi connectivity index (χ1n) is 18.2. The van der Waals surface area contributed by atoms with Gasteiger partial charge in [-0.25, -0.2) is 19.6 Å². The van der Waals surface area contributed by atoms with Gasteiger partial charge in [-0.05, 0) is 92.0 Å². The zero-order valence-corrected chi connectivity index (χ0v) is 35.2. The number of benzene rings is 5. The molecule has 0 atom stereocenters. The molecule has 0 unspecified atom stereocenters. The summed E-state index contributed by atoms with van der Waals surface area (Å²) in [6.07, 6.45) is 3.05. The van der Waals surface area contributed by atoms with Crippen LogP contribution in [0.3, 0.4) is 0 Å². The van der Waals surface area contributed by atoms with Crippen molar-refractivity contribution in [1.82, 2.24) is 19.9 Å². The third-order valence-electron chi connectivity index (χ3n) is 9.05. The fourth-order valence-electron chi connectivity index (χ4n) is 6.11. The topological polar surface area (TPSA) is 218 Å². The zero-order valence-electron chi connectivity index (χ0n) is 32.0. The quantitative estimate of drug-likeness (QED) is 0.0638. The summed E-state index contributed by atoms with van der Waals surface area (Å²) in [6, 6.07) is 29.6. The summed E-state index contributed by atoms with van der Waals surface area (Å²) in [4.78, 5) is 60.7. The van der Waals surface area contributed by atoms with Gasteiger partial charge in [0, 0.05) is 56.6 Å². The van der Waals surface area contributed by atoms with Gasteiger partial charge in [0.2, 0.25) is 11.9 Å². The smallest absolute Gasteiger partial charge is 0.337 e. The second-order valence-corrected chi connectivity index (χ2v) is 14.6. The molecular formula is C43H38Br2N8O7. The van der Waals surface area contributed by atoms with E-state index in [9.17, 15) is 19.2 Å². The standard InChI is InChI=1S/C28H27N5O3.C8H5BrN2O2.C7H6BrNO2/c1-3-26(34)30-21-8-4-6-19(16-21)23-9-5-7-20-18-29-28(32-27(20)23)31-24-11-10-22(17-25(24)35-2)33-12-14-36-15-13-33;9-5-3-1-2-4-6(5)10-8(13)11-7(4)12;8-5-3-1-2-4(6(5)9)7(10)11/h3-11,16-18H,1,12-15H2,2H3,(H,30,34)(H,29,31,32);1-3H,(H2,10,11,12,13);1-3H,9H2,(H,10,11). The summed E-state index contributed by atoms with van der Waals surface area (Å²) in [5.41, 5.74) is 10.7. The molecule has 15 nitrogen and oxygen atoms in total. The van der Waals surface area contributed by atoms with Gasteiger partial charge in [-0.2, -0.15) is 0 Å². The van der Waals surface area contributed by atoms with Crippen molar-refractivity contribution in [2.24, 2.45) is 0 Å². The number of methoxy groups -OCH3 is 1. The van der Waals surface area contributed by atoms with E-state index < -0.39 is 11.7 Å². The average molecular weight is 939 g/mol. The maximum absolute atomic E-state index is 11.7. The maximum atomic E-state index is 11.7. The molecule has 7 N–H and O–H groups in total. The molecule has 8 rings (SSSR count). The first-order valence-corrected chi connectivity index (χ1v) is 19.8. The first kappa shape index (κ1) is 42.8. The SMILES string of the molecule is C=CC(=O)Nc1cccc(-c2cccc3cnc(Nc4ccc(N5CCOCC5)cc4OC)nc23)c1.Nc1c(Br)cccc1C(=O)O.O=c1[nH]c(=O)c2cccc(Br)c2[nH]1. The number of carboxylic acid groups (broad SMARTS) is 1. The summed E-state index contributed by atoms with van der Waals surface area (Å²) in [7, 11) is 1.65. The Morgan fingerprint density at radius 3 is 2.42 bits per heavy atom. The number of hydrogen-bond donors (Lipinski definition) is 6. The van der Waals surface area contributed by atoms with Crippen LogP contribution in [0.15, 0.2) is 134 Å². The van der Waals surface area contributed by atoms with Gasteiger partial charge in [0.05, 0.1) is 53.7 Å². The van der Waals surface area contributed by atoms with Crippen molar-refractivity contribution >= 4 is 94.2 Å². The monoisotopic (exact) mass is 936 g/mol. The van der Waals surface area contributed by atoms with Gasteiger partial charge in [-0.3, -0.25) is 14.6 Å². The van der Waals surface area contributed by atoms with Crippen LogP contribution in [0.4, 0.5) is 28.7 Å². The van der Waals surface area contributed by atoms with Crippen LogP contribution >= 0.6 is 31.9 Å². The number of amides is 1. The highest BCUT2D eigenvalue weighted by Crippen LogP contribution is 2.34. The number of anilines is 5. The number of aromatic nitrogens is 4. The lowest BCUT2D eigenvalue weighted by Gasteiger charge is -2.29. The van der Waals surface area contributed by atoms with E-state index in [-0.39, 0.29) is 22.7 Å². The fraction of sp³-hybridized carbons (Fsp3) is 0.116. The Balaban J connectivity index is 0.000000203. The number of carboxylic acids is 1. The number of halogens is 2. The molecule has 2 aromatic heterocycles. The number of hydrogen-bond acceptors (Lipinski definition) is 11. The number of morpholine rings is 1. The summed E-state index contributed by atoms with van der Waals surface area (Å²) < 4.78 is 12.4. The number of carbonyl (C=O) groups excluding carboxylic acids is 1. The van der Waals surface area contributed by atoms with Gasteiger partial charge in [0.25, 0.3) is 5.56 Å².